The first-order valence-corrected chi connectivity index (χ1v) is 19.5. The molecule has 0 radical (unpaired) electrons. The van der Waals surface area contributed by atoms with Crippen molar-refractivity contribution in [3.8, 4) is 33.4 Å². The van der Waals surface area contributed by atoms with Crippen molar-refractivity contribution >= 4 is 28.5 Å². The molecule has 2 heteroatoms. The van der Waals surface area contributed by atoms with Crippen molar-refractivity contribution in [2.45, 2.75) is 31.2 Å². The fourth-order valence-corrected chi connectivity index (χ4v) is 9.42. The second-order valence-corrected chi connectivity index (χ2v) is 15.1. The van der Waals surface area contributed by atoms with Gasteiger partial charge in [-0.15, -0.1) is 0 Å². The summed E-state index contributed by atoms with van der Waals surface area (Å²) in [6, 6.07) is 68.2. The molecule has 0 saturated carbocycles. The summed E-state index contributed by atoms with van der Waals surface area (Å²) in [6.07, 6.45) is 0. The maximum Gasteiger partial charge on any atom is 0.135 e. The lowest BCUT2D eigenvalue weighted by Gasteiger charge is -2.28. The molecule has 0 bridgehead atoms. The number of fused-ring (bicyclic) bond motifs is 13. The Hall–Kier alpha value is -6.77. The molecule has 2 aliphatic rings. The Morgan fingerprint density at radius 3 is 1.79 bits per heavy atom. The van der Waals surface area contributed by atoms with Crippen LogP contribution in [-0.2, 0) is 5.41 Å². The van der Waals surface area contributed by atoms with Crippen LogP contribution in [0.3, 0.4) is 0 Å². The minimum atomic E-state index is -0.504. The molecular weight excluding hydrogens is 679 g/mol. The van der Waals surface area contributed by atoms with E-state index in [0.717, 1.165) is 11.3 Å². The van der Waals surface area contributed by atoms with Gasteiger partial charge in [0.2, 0.25) is 0 Å². The highest BCUT2D eigenvalue weighted by Crippen LogP contribution is 2.65. The lowest BCUT2D eigenvalue weighted by Crippen LogP contribution is -2.25. The third-order valence-electron chi connectivity index (χ3n) is 12.2. The van der Waals surface area contributed by atoms with Gasteiger partial charge in [0.1, 0.15) is 16.8 Å². The number of furan rings is 1. The van der Waals surface area contributed by atoms with Gasteiger partial charge in [-0.2, -0.15) is 0 Å². The standard InChI is InChI=1S/C45H30O.C9H11N/c1-28(32-18-10-13-30-12-2-3-14-33(30)32)29-24-26-31(27-25-29)34-19-11-22-40-42(34)43-37-17-6-9-23-41(37)46-44(43)45(40)38-20-7-4-15-35(38)36-16-5-8-21-39(36)45;1-8(10-2)9-6-4-3-5-7-9/h2-28H,1H3;3-8H,2H2,1H3. The third kappa shape index (κ3) is 5.06. The van der Waals surface area contributed by atoms with Crippen LogP contribution in [0, 0.1) is 0 Å². The fourth-order valence-electron chi connectivity index (χ4n) is 9.42. The molecule has 2 atom stereocenters. The second-order valence-electron chi connectivity index (χ2n) is 15.1. The van der Waals surface area contributed by atoms with Gasteiger partial charge >= 0.3 is 0 Å². The van der Waals surface area contributed by atoms with E-state index in [0.29, 0.717) is 0 Å². The molecule has 1 heterocycles. The smallest absolute Gasteiger partial charge is 0.135 e. The predicted octanol–water partition coefficient (Wildman–Crippen LogP) is 14.2. The first kappa shape index (κ1) is 33.8. The van der Waals surface area contributed by atoms with E-state index in [1.807, 2.05) is 25.1 Å². The zero-order valence-corrected chi connectivity index (χ0v) is 31.6. The van der Waals surface area contributed by atoms with E-state index in [9.17, 15) is 0 Å². The minimum Gasteiger partial charge on any atom is -0.459 e. The molecule has 0 fully saturated rings. The van der Waals surface area contributed by atoms with Crippen LogP contribution >= 0.6 is 0 Å². The summed E-state index contributed by atoms with van der Waals surface area (Å²) in [4.78, 5) is 3.91. The van der Waals surface area contributed by atoms with Crippen LogP contribution in [-0.4, -0.2) is 6.72 Å². The van der Waals surface area contributed by atoms with E-state index in [1.54, 1.807) is 0 Å². The van der Waals surface area contributed by atoms with E-state index >= 15 is 0 Å². The van der Waals surface area contributed by atoms with Crippen LogP contribution < -0.4 is 0 Å². The fraction of sp³-hybridized carbons (Fsp3) is 0.0926. The van der Waals surface area contributed by atoms with Gasteiger partial charge in [0.15, 0.2) is 0 Å². The molecule has 56 heavy (non-hydrogen) atoms. The molecule has 268 valence electrons. The molecule has 0 amide bonds. The van der Waals surface area contributed by atoms with Crippen molar-refractivity contribution in [1.29, 1.82) is 0 Å². The van der Waals surface area contributed by atoms with Crippen molar-refractivity contribution < 1.29 is 4.42 Å². The predicted molar refractivity (Wildman–Crippen MR) is 234 cm³/mol. The summed E-state index contributed by atoms with van der Waals surface area (Å²) < 4.78 is 6.97. The average molecular weight is 720 g/mol. The van der Waals surface area contributed by atoms with Gasteiger partial charge in [-0.05, 0) is 91.7 Å². The van der Waals surface area contributed by atoms with Crippen LogP contribution in [0.15, 0.2) is 197 Å². The van der Waals surface area contributed by atoms with E-state index in [-0.39, 0.29) is 12.0 Å². The number of aliphatic imine (C=N–C) groups is 1. The Labute approximate surface area is 328 Å². The molecule has 2 aliphatic carbocycles. The SMILES string of the molecule is C=NC(C)c1ccccc1.CC(c1ccc(-c2cccc3c2-c2c(oc4ccccc24)C32c3ccccc3-c3ccccc32)cc1)c1cccc2ccccc12. The van der Waals surface area contributed by atoms with Crippen LogP contribution in [0.1, 0.15) is 64.9 Å². The molecule has 2 unspecified atom stereocenters. The number of nitrogens with zero attached hydrogens (tertiary/aromatic N) is 1. The number of hydrogen-bond acceptors (Lipinski definition) is 2. The molecular formula is C54H41NO. The normalized spacial score (nSPS) is 14.0. The summed E-state index contributed by atoms with van der Waals surface area (Å²) in [5.74, 6) is 1.32. The summed E-state index contributed by atoms with van der Waals surface area (Å²) in [6.45, 7) is 7.84. The van der Waals surface area contributed by atoms with Gasteiger partial charge in [-0.25, -0.2) is 0 Å². The van der Waals surface area contributed by atoms with Gasteiger partial charge < -0.3 is 4.42 Å². The maximum absolute atomic E-state index is 6.97. The molecule has 2 nitrogen and oxygen atoms in total. The van der Waals surface area contributed by atoms with E-state index < -0.39 is 5.41 Å². The van der Waals surface area contributed by atoms with Gasteiger partial charge in [-0.1, -0.05) is 189 Å². The molecule has 1 spiro atoms. The number of para-hydroxylation sites is 1. The number of hydrogen-bond donors (Lipinski definition) is 0. The molecule has 1 aromatic heterocycles. The Morgan fingerprint density at radius 1 is 0.482 bits per heavy atom. The van der Waals surface area contributed by atoms with Crippen LogP contribution in [0.4, 0.5) is 0 Å². The zero-order valence-electron chi connectivity index (χ0n) is 31.6. The van der Waals surface area contributed by atoms with Gasteiger partial charge in [0.25, 0.3) is 0 Å². The van der Waals surface area contributed by atoms with Gasteiger partial charge in [0.05, 0.1) is 6.04 Å². The van der Waals surface area contributed by atoms with Gasteiger partial charge in [0, 0.05) is 16.9 Å². The second kappa shape index (κ2) is 13.5. The Morgan fingerprint density at radius 2 is 1.05 bits per heavy atom. The van der Waals surface area contributed by atoms with Crippen molar-refractivity contribution in [2.75, 3.05) is 0 Å². The summed E-state index contributed by atoms with van der Waals surface area (Å²) in [5, 5.41) is 3.78. The monoisotopic (exact) mass is 719 g/mol. The van der Waals surface area contributed by atoms with Crippen molar-refractivity contribution in [2.24, 2.45) is 4.99 Å². The lowest BCUT2D eigenvalue weighted by molar-refractivity contribution is 0.507. The quantitative estimate of drug-likeness (QED) is 0.163. The minimum absolute atomic E-state index is 0.223. The van der Waals surface area contributed by atoms with Crippen molar-refractivity contribution in [1.82, 2.24) is 0 Å². The first-order valence-electron chi connectivity index (χ1n) is 19.5. The molecule has 0 aliphatic heterocycles. The summed E-state index contributed by atoms with van der Waals surface area (Å²) >= 11 is 0. The number of benzene rings is 8. The van der Waals surface area contributed by atoms with Crippen molar-refractivity contribution in [3.63, 3.8) is 0 Å². The largest absolute Gasteiger partial charge is 0.459 e. The van der Waals surface area contributed by atoms with Crippen LogP contribution in [0.2, 0.25) is 0 Å². The topological polar surface area (TPSA) is 25.5 Å². The Kier molecular flexibility index (Phi) is 8.15. The molecule has 0 N–H and O–H groups in total. The lowest BCUT2D eigenvalue weighted by atomic mass is 9.73. The van der Waals surface area contributed by atoms with Crippen LogP contribution in [0.5, 0.6) is 0 Å². The maximum atomic E-state index is 6.97. The molecule has 8 aromatic carbocycles. The zero-order chi connectivity index (χ0) is 37.8. The van der Waals surface area contributed by atoms with Crippen molar-refractivity contribution in [3.05, 3.63) is 227 Å². The van der Waals surface area contributed by atoms with E-state index in [2.05, 4.69) is 188 Å². The Bertz CT molecular complexity index is 2860. The first-order chi connectivity index (χ1) is 27.6. The molecule has 11 rings (SSSR count). The highest BCUT2D eigenvalue weighted by atomic mass is 16.3. The highest BCUT2D eigenvalue weighted by molar-refractivity contribution is 6.08. The molecule has 0 saturated heterocycles. The van der Waals surface area contributed by atoms with E-state index in [4.69, 9.17) is 4.42 Å². The third-order valence-corrected chi connectivity index (χ3v) is 12.2. The summed E-state index contributed by atoms with van der Waals surface area (Å²) in [5.41, 5.74) is 15.8. The van der Waals surface area contributed by atoms with Gasteiger partial charge in [-0.3, -0.25) is 4.99 Å². The number of rotatable bonds is 5. The molecule has 9 aromatic rings. The Balaban J connectivity index is 0.000000338. The van der Waals surface area contributed by atoms with E-state index in [1.165, 1.54) is 82.9 Å². The van der Waals surface area contributed by atoms with Crippen LogP contribution in [0.25, 0.3) is 55.1 Å². The highest BCUT2D eigenvalue weighted by Gasteiger charge is 2.55. The average Bonchev–Trinajstić information content (AvgIpc) is 3.90. The summed E-state index contributed by atoms with van der Waals surface area (Å²) in [7, 11) is 0.